The Morgan fingerprint density at radius 2 is 1.87 bits per heavy atom. The predicted octanol–water partition coefficient (Wildman–Crippen LogP) is 1.73. The third-order valence-corrected chi connectivity index (χ3v) is 2.76. The Morgan fingerprint density at radius 1 is 1.20 bits per heavy atom. The van der Waals surface area contributed by atoms with Gasteiger partial charge in [-0.25, -0.2) is 0 Å². The van der Waals surface area contributed by atoms with Gasteiger partial charge in [0.15, 0.2) is 0 Å². The molecule has 0 heterocycles. The predicted molar refractivity (Wildman–Crippen MR) is 66.4 cm³/mol. The van der Waals surface area contributed by atoms with Crippen LogP contribution in [0.15, 0.2) is 0 Å². The maximum absolute atomic E-state index is 5.55. The second-order valence-corrected chi connectivity index (χ2v) is 3.88. The topological polar surface area (TPSA) is 24.5 Å². The van der Waals surface area contributed by atoms with E-state index in [1.807, 2.05) is 7.05 Å². The SMILES string of the molecule is CCCOCC(CCN(CC)CC)NC. The van der Waals surface area contributed by atoms with Crippen molar-refractivity contribution in [3.05, 3.63) is 0 Å². The van der Waals surface area contributed by atoms with Gasteiger partial charge >= 0.3 is 0 Å². The van der Waals surface area contributed by atoms with Gasteiger partial charge in [0, 0.05) is 12.6 Å². The lowest BCUT2D eigenvalue weighted by Crippen LogP contribution is -2.35. The van der Waals surface area contributed by atoms with E-state index >= 15 is 0 Å². The van der Waals surface area contributed by atoms with Crippen LogP contribution in [0.4, 0.5) is 0 Å². The molecular formula is C12H28N2O. The Balaban J connectivity index is 3.59. The highest BCUT2D eigenvalue weighted by Gasteiger charge is 2.07. The zero-order valence-corrected chi connectivity index (χ0v) is 10.9. The standard InChI is InChI=1S/C12H28N2O/c1-5-10-15-11-12(13-4)8-9-14(6-2)7-3/h12-13H,5-11H2,1-4H3. The highest BCUT2D eigenvalue weighted by molar-refractivity contribution is 4.66. The van der Waals surface area contributed by atoms with E-state index in [0.29, 0.717) is 6.04 Å². The lowest BCUT2D eigenvalue weighted by molar-refractivity contribution is 0.107. The van der Waals surface area contributed by atoms with Crippen molar-refractivity contribution in [3.8, 4) is 0 Å². The van der Waals surface area contributed by atoms with E-state index < -0.39 is 0 Å². The maximum Gasteiger partial charge on any atom is 0.0619 e. The van der Waals surface area contributed by atoms with Gasteiger partial charge in [-0.05, 0) is 39.5 Å². The summed E-state index contributed by atoms with van der Waals surface area (Å²) in [5, 5.41) is 3.31. The molecule has 0 aliphatic carbocycles. The second-order valence-electron chi connectivity index (χ2n) is 3.88. The molecule has 0 rings (SSSR count). The summed E-state index contributed by atoms with van der Waals surface area (Å²) in [5.41, 5.74) is 0. The Hall–Kier alpha value is -0.120. The molecule has 0 aromatic rings. The molecule has 0 aromatic heterocycles. The highest BCUT2D eigenvalue weighted by Crippen LogP contribution is 1.97. The summed E-state index contributed by atoms with van der Waals surface area (Å²) in [6, 6.07) is 0.497. The van der Waals surface area contributed by atoms with Crippen molar-refractivity contribution in [1.29, 1.82) is 0 Å². The summed E-state index contributed by atoms with van der Waals surface area (Å²) in [5.74, 6) is 0. The lowest BCUT2D eigenvalue weighted by Gasteiger charge is -2.22. The van der Waals surface area contributed by atoms with Gasteiger partial charge in [0.2, 0.25) is 0 Å². The van der Waals surface area contributed by atoms with Crippen LogP contribution >= 0.6 is 0 Å². The van der Waals surface area contributed by atoms with E-state index in [0.717, 1.165) is 39.3 Å². The van der Waals surface area contributed by atoms with Crippen molar-refractivity contribution < 1.29 is 4.74 Å². The second kappa shape index (κ2) is 10.4. The maximum atomic E-state index is 5.55. The van der Waals surface area contributed by atoms with Crippen LogP contribution in [0.3, 0.4) is 0 Å². The molecular weight excluding hydrogens is 188 g/mol. The highest BCUT2D eigenvalue weighted by atomic mass is 16.5. The van der Waals surface area contributed by atoms with Gasteiger partial charge < -0.3 is 15.0 Å². The summed E-state index contributed by atoms with van der Waals surface area (Å²) in [4.78, 5) is 2.45. The summed E-state index contributed by atoms with van der Waals surface area (Å²) in [6.45, 7) is 11.7. The molecule has 92 valence electrons. The van der Waals surface area contributed by atoms with Gasteiger partial charge in [0.1, 0.15) is 0 Å². The number of rotatable bonds is 10. The number of hydrogen-bond donors (Lipinski definition) is 1. The fourth-order valence-corrected chi connectivity index (χ4v) is 1.56. The molecule has 0 aromatic carbocycles. The van der Waals surface area contributed by atoms with E-state index in [1.165, 1.54) is 6.42 Å². The molecule has 0 radical (unpaired) electrons. The van der Waals surface area contributed by atoms with Crippen molar-refractivity contribution in [1.82, 2.24) is 10.2 Å². The van der Waals surface area contributed by atoms with Crippen LogP contribution in [0, 0.1) is 0 Å². The van der Waals surface area contributed by atoms with E-state index in [9.17, 15) is 0 Å². The quantitative estimate of drug-likeness (QED) is 0.563. The Morgan fingerprint density at radius 3 is 2.33 bits per heavy atom. The average molecular weight is 216 g/mol. The van der Waals surface area contributed by atoms with Crippen molar-refractivity contribution in [2.24, 2.45) is 0 Å². The molecule has 1 unspecified atom stereocenters. The minimum atomic E-state index is 0.497. The van der Waals surface area contributed by atoms with Crippen LogP contribution in [0.5, 0.6) is 0 Å². The fourth-order valence-electron chi connectivity index (χ4n) is 1.56. The first-order valence-electron chi connectivity index (χ1n) is 6.25. The lowest BCUT2D eigenvalue weighted by atomic mass is 10.2. The normalized spacial score (nSPS) is 13.4. The van der Waals surface area contributed by atoms with Gasteiger partial charge in [-0.1, -0.05) is 20.8 Å². The van der Waals surface area contributed by atoms with E-state index in [-0.39, 0.29) is 0 Å². The zero-order chi connectivity index (χ0) is 11.5. The molecule has 0 amide bonds. The molecule has 1 atom stereocenters. The van der Waals surface area contributed by atoms with Crippen molar-refractivity contribution in [2.45, 2.75) is 39.7 Å². The first-order valence-corrected chi connectivity index (χ1v) is 6.25. The van der Waals surface area contributed by atoms with E-state index in [2.05, 4.69) is 31.0 Å². The largest absolute Gasteiger partial charge is 0.380 e. The van der Waals surface area contributed by atoms with Gasteiger partial charge in [0.05, 0.1) is 6.61 Å². The summed E-state index contributed by atoms with van der Waals surface area (Å²) in [7, 11) is 2.02. The molecule has 0 spiro atoms. The van der Waals surface area contributed by atoms with Crippen molar-refractivity contribution >= 4 is 0 Å². The zero-order valence-electron chi connectivity index (χ0n) is 10.9. The molecule has 0 saturated heterocycles. The van der Waals surface area contributed by atoms with Crippen LogP contribution < -0.4 is 5.32 Å². The summed E-state index contributed by atoms with van der Waals surface area (Å²) in [6.07, 6.45) is 2.27. The molecule has 0 fully saturated rings. The van der Waals surface area contributed by atoms with Crippen LogP contribution in [-0.2, 0) is 4.74 Å². The average Bonchev–Trinajstić information content (AvgIpc) is 2.28. The number of nitrogens with one attached hydrogen (secondary N) is 1. The molecule has 3 nitrogen and oxygen atoms in total. The minimum absolute atomic E-state index is 0.497. The Bertz CT molecular complexity index is 127. The Kier molecular flexibility index (Phi) is 10.3. The minimum Gasteiger partial charge on any atom is -0.380 e. The van der Waals surface area contributed by atoms with Crippen LogP contribution in [0.2, 0.25) is 0 Å². The van der Waals surface area contributed by atoms with E-state index in [1.54, 1.807) is 0 Å². The summed E-state index contributed by atoms with van der Waals surface area (Å²) < 4.78 is 5.55. The fraction of sp³-hybridized carbons (Fsp3) is 1.00. The molecule has 3 heteroatoms. The third-order valence-electron chi connectivity index (χ3n) is 2.76. The van der Waals surface area contributed by atoms with Gasteiger partial charge in [-0.3, -0.25) is 0 Å². The molecule has 0 saturated carbocycles. The number of likely N-dealkylation sites (N-methyl/N-ethyl adjacent to an activating group) is 1. The molecule has 15 heavy (non-hydrogen) atoms. The molecule has 0 aliphatic rings. The first kappa shape index (κ1) is 14.9. The van der Waals surface area contributed by atoms with Gasteiger partial charge in [0.25, 0.3) is 0 Å². The van der Waals surface area contributed by atoms with Gasteiger partial charge in [-0.15, -0.1) is 0 Å². The van der Waals surface area contributed by atoms with Crippen molar-refractivity contribution in [3.63, 3.8) is 0 Å². The number of nitrogens with zero attached hydrogens (tertiary/aromatic N) is 1. The number of ether oxygens (including phenoxy) is 1. The summed E-state index contributed by atoms with van der Waals surface area (Å²) >= 11 is 0. The van der Waals surface area contributed by atoms with Crippen LogP contribution in [0.1, 0.15) is 33.6 Å². The van der Waals surface area contributed by atoms with Crippen LogP contribution in [-0.4, -0.2) is 50.8 Å². The first-order chi connectivity index (χ1) is 7.28. The molecule has 0 aliphatic heterocycles. The smallest absolute Gasteiger partial charge is 0.0619 e. The number of hydrogen-bond acceptors (Lipinski definition) is 3. The monoisotopic (exact) mass is 216 g/mol. The van der Waals surface area contributed by atoms with Crippen LogP contribution in [0.25, 0.3) is 0 Å². The molecule has 0 bridgehead atoms. The third kappa shape index (κ3) is 7.77. The van der Waals surface area contributed by atoms with Gasteiger partial charge in [-0.2, -0.15) is 0 Å². The molecule has 1 N–H and O–H groups in total. The van der Waals surface area contributed by atoms with E-state index in [4.69, 9.17) is 4.74 Å². The van der Waals surface area contributed by atoms with Crippen molar-refractivity contribution in [2.75, 3.05) is 39.9 Å². The Labute approximate surface area is 95.2 Å².